The lowest BCUT2D eigenvalue weighted by Crippen LogP contribution is -2.29. The van der Waals surface area contributed by atoms with Crippen LogP contribution in [0, 0.1) is 6.92 Å². The van der Waals surface area contributed by atoms with Crippen LogP contribution in [0.4, 0.5) is 5.13 Å². The molecule has 170 valence electrons. The van der Waals surface area contributed by atoms with E-state index in [1.165, 1.54) is 4.90 Å². The number of rotatable bonds is 5. The van der Waals surface area contributed by atoms with Gasteiger partial charge in [0.05, 0.1) is 27.8 Å². The molecule has 1 unspecified atom stereocenters. The van der Waals surface area contributed by atoms with Crippen molar-refractivity contribution in [2.24, 2.45) is 0 Å². The number of benzene rings is 2. The molecular weight excluding hydrogens is 485 g/mol. The van der Waals surface area contributed by atoms with E-state index in [2.05, 4.69) is 10.2 Å². The summed E-state index contributed by atoms with van der Waals surface area (Å²) in [6.45, 7) is 5.55. The summed E-state index contributed by atoms with van der Waals surface area (Å²) in [5, 5.41) is 20.6. The van der Waals surface area contributed by atoms with Crippen molar-refractivity contribution in [1.29, 1.82) is 0 Å². The number of aliphatic hydroxyl groups excluding tert-OH is 1. The summed E-state index contributed by atoms with van der Waals surface area (Å²) in [7, 11) is 0. The van der Waals surface area contributed by atoms with Gasteiger partial charge in [-0.1, -0.05) is 40.6 Å². The van der Waals surface area contributed by atoms with Gasteiger partial charge < -0.3 is 9.84 Å². The minimum Gasteiger partial charge on any atom is -0.507 e. The lowest BCUT2D eigenvalue weighted by molar-refractivity contribution is -0.132. The van der Waals surface area contributed by atoms with Gasteiger partial charge in [0, 0.05) is 5.56 Å². The third kappa shape index (κ3) is 4.46. The molecule has 0 aliphatic carbocycles. The SMILES string of the molecule is Cc1nnc(N2C(=O)C(=O)/C(=C(\O)c3ccc(OC(C)C)cc3)C2c2ccc(Cl)c(Cl)c2)s1. The molecule has 0 bridgehead atoms. The largest absolute Gasteiger partial charge is 0.507 e. The maximum Gasteiger partial charge on any atom is 0.301 e. The van der Waals surface area contributed by atoms with Gasteiger partial charge in [-0.25, -0.2) is 0 Å². The maximum atomic E-state index is 13.1. The third-order valence-corrected chi connectivity index (χ3v) is 6.50. The van der Waals surface area contributed by atoms with Crippen LogP contribution in [0.3, 0.4) is 0 Å². The molecule has 0 spiro atoms. The van der Waals surface area contributed by atoms with Gasteiger partial charge in [-0.15, -0.1) is 10.2 Å². The van der Waals surface area contributed by atoms with Crippen LogP contribution in [0.5, 0.6) is 5.75 Å². The van der Waals surface area contributed by atoms with E-state index in [-0.39, 0.29) is 27.6 Å². The Hall–Kier alpha value is -2.94. The van der Waals surface area contributed by atoms with Gasteiger partial charge in [0.1, 0.15) is 16.5 Å². The second-order valence-corrected chi connectivity index (χ2v) is 9.61. The molecule has 1 saturated heterocycles. The Morgan fingerprint density at radius 2 is 1.79 bits per heavy atom. The van der Waals surface area contributed by atoms with E-state index >= 15 is 0 Å². The van der Waals surface area contributed by atoms with E-state index in [1.54, 1.807) is 49.4 Å². The van der Waals surface area contributed by atoms with Crippen molar-refractivity contribution < 1.29 is 19.4 Å². The van der Waals surface area contributed by atoms with E-state index in [0.717, 1.165) is 11.3 Å². The zero-order valence-electron chi connectivity index (χ0n) is 17.9. The molecule has 1 aliphatic rings. The smallest absolute Gasteiger partial charge is 0.301 e. The minimum atomic E-state index is -0.960. The molecule has 1 fully saturated rings. The number of hydrogen-bond donors (Lipinski definition) is 1. The van der Waals surface area contributed by atoms with Crippen LogP contribution < -0.4 is 9.64 Å². The molecule has 2 aromatic carbocycles. The van der Waals surface area contributed by atoms with Gasteiger partial charge in [0.25, 0.3) is 5.78 Å². The summed E-state index contributed by atoms with van der Waals surface area (Å²) in [5.41, 5.74) is 0.782. The van der Waals surface area contributed by atoms with Crippen molar-refractivity contribution in [2.75, 3.05) is 4.90 Å². The molecule has 1 atom stereocenters. The molecule has 33 heavy (non-hydrogen) atoms. The molecule has 4 rings (SSSR count). The van der Waals surface area contributed by atoms with Crippen LogP contribution in [0.1, 0.15) is 36.0 Å². The van der Waals surface area contributed by atoms with Crippen molar-refractivity contribution in [3.8, 4) is 5.75 Å². The Morgan fingerprint density at radius 3 is 2.36 bits per heavy atom. The van der Waals surface area contributed by atoms with Gasteiger partial charge in [0.2, 0.25) is 5.13 Å². The number of amides is 1. The van der Waals surface area contributed by atoms with Crippen LogP contribution in [0.2, 0.25) is 10.0 Å². The highest BCUT2D eigenvalue weighted by atomic mass is 35.5. The summed E-state index contributed by atoms with van der Waals surface area (Å²) in [6.07, 6.45) is -0.0141. The molecule has 0 saturated carbocycles. The number of aryl methyl sites for hydroxylation is 1. The number of nitrogens with zero attached hydrogens (tertiary/aromatic N) is 3. The molecule has 0 radical (unpaired) electrons. The summed E-state index contributed by atoms with van der Waals surface area (Å²) in [5.74, 6) is -1.35. The number of anilines is 1. The average Bonchev–Trinajstić information content (AvgIpc) is 3.30. The van der Waals surface area contributed by atoms with Gasteiger partial charge >= 0.3 is 5.91 Å². The first kappa shape index (κ1) is 23.2. The number of halogens is 2. The fraction of sp³-hybridized carbons (Fsp3) is 0.217. The molecule has 1 aromatic heterocycles. The fourth-order valence-corrected chi connectivity index (χ4v) is 4.55. The highest BCUT2D eigenvalue weighted by Gasteiger charge is 2.48. The zero-order valence-corrected chi connectivity index (χ0v) is 20.2. The number of ketones is 1. The Kier molecular flexibility index (Phi) is 6.43. The standard InChI is InChI=1S/C23H19Cl2N3O4S/c1-11(2)32-15-7-4-13(5-8-15)20(29)18-19(14-6-9-16(24)17(25)10-14)28(22(31)21(18)30)23-27-26-12(3)33-23/h4-11,19,29H,1-3H3/b20-18-. The molecule has 10 heteroatoms. The Morgan fingerprint density at radius 1 is 1.09 bits per heavy atom. The number of aromatic nitrogens is 2. The van der Waals surface area contributed by atoms with Crippen molar-refractivity contribution in [2.45, 2.75) is 32.9 Å². The monoisotopic (exact) mass is 503 g/mol. The van der Waals surface area contributed by atoms with Crippen LogP contribution in [0.25, 0.3) is 5.76 Å². The van der Waals surface area contributed by atoms with E-state index < -0.39 is 17.7 Å². The van der Waals surface area contributed by atoms with Gasteiger partial charge in [-0.2, -0.15) is 0 Å². The number of carbonyl (C=O) groups is 2. The van der Waals surface area contributed by atoms with Crippen molar-refractivity contribution in [3.05, 3.63) is 74.2 Å². The molecule has 7 nitrogen and oxygen atoms in total. The molecule has 3 aromatic rings. The third-order valence-electron chi connectivity index (χ3n) is 4.92. The van der Waals surface area contributed by atoms with E-state index in [9.17, 15) is 14.7 Å². The second kappa shape index (κ2) is 9.13. The molecule has 1 aliphatic heterocycles. The highest BCUT2D eigenvalue weighted by Crippen LogP contribution is 2.44. The fourth-order valence-electron chi connectivity index (χ4n) is 3.53. The van der Waals surface area contributed by atoms with Gasteiger partial charge in [-0.3, -0.25) is 14.5 Å². The molecule has 2 heterocycles. The molecular formula is C23H19Cl2N3O4S. The number of hydrogen-bond acceptors (Lipinski definition) is 7. The number of carbonyl (C=O) groups excluding carboxylic acids is 2. The van der Waals surface area contributed by atoms with Crippen LogP contribution >= 0.6 is 34.5 Å². The Labute approximate surface area is 204 Å². The van der Waals surface area contributed by atoms with Crippen molar-refractivity contribution in [1.82, 2.24) is 10.2 Å². The summed E-state index contributed by atoms with van der Waals surface area (Å²) in [4.78, 5) is 27.4. The van der Waals surface area contributed by atoms with Crippen LogP contribution in [-0.4, -0.2) is 33.1 Å². The van der Waals surface area contributed by atoms with Crippen LogP contribution in [-0.2, 0) is 9.59 Å². The predicted octanol–water partition coefficient (Wildman–Crippen LogP) is 5.57. The number of aliphatic hydroxyl groups is 1. The summed E-state index contributed by atoms with van der Waals surface area (Å²) < 4.78 is 5.64. The first-order valence-electron chi connectivity index (χ1n) is 10.0. The normalized spacial score (nSPS) is 17.8. The first-order chi connectivity index (χ1) is 15.7. The second-order valence-electron chi connectivity index (χ2n) is 7.64. The zero-order chi connectivity index (χ0) is 23.9. The Bertz CT molecular complexity index is 1270. The lowest BCUT2D eigenvalue weighted by Gasteiger charge is -2.23. The minimum absolute atomic E-state index is 0.0141. The van der Waals surface area contributed by atoms with E-state index in [1.807, 2.05) is 13.8 Å². The number of ether oxygens (including phenoxy) is 1. The van der Waals surface area contributed by atoms with E-state index in [4.69, 9.17) is 27.9 Å². The summed E-state index contributed by atoms with van der Waals surface area (Å²) >= 11 is 13.5. The van der Waals surface area contributed by atoms with Crippen molar-refractivity contribution >= 4 is 57.1 Å². The first-order valence-corrected chi connectivity index (χ1v) is 11.6. The predicted molar refractivity (Wildman–Crippen MR) is 128 cm³/mol. The highest BCUT2D eigenvalue weighted by molar-refractivity contribution is 7.15. The van der Waals surface area contributed by atoms with Gasteiger partial charge in [0.15, 0.2) is 0 Å². The topological polar surface area (TPSA) is 92.6 Å². The van der Waals surface area contributed by atoms with E-state index in [0.29, 0.717) is 26.9 Å². The van der Waals surface area contributed by atoms with Crippen LogP contribution in [0.15, 0.2) is 48.0 Å². The Balaban J connectivity index is 1.87. The quantitative estimate of drug-likeness (QED) is 0.278. The molecule has 1 amide bonds. The van der Waals surface area contributed by atoms with Gasteiger partial charge in [-0.05, 0) is 62.7 Å². The lowest BCUT2D eigenvalue weighted by atomic mass is 9.95. The van der Waals surface area contributed by atoms with Crippen molar-refractivity contribution in [3.63, 3.8) is 0 Å². The maximum absolute atomic E-state index is 13.1. The number of Topliss-reactive ketones (excluding diaryl/α,β-unsaturated/α-hetero) is 1. The molecule has 1 N–H and O–H groups in total. The summed E-state index contributed by atoms with van der Waals surface area (Å²) in [6, 6.07) is 10.5. The average molecular weight is 504 g/mol.